The predicted molar refractivity (Wildman–Crippen MR) is 72.7 cm³/mol. The van der Waals surface area contributed by atoms with Crippen LogP contribution in [-0.4, -0.2) is 54.2 Å². The standard InChI is InChI=1S/C12H19N3O2S/c1-8-10(11(16)17)18-12(13-8)15(3)9-4-6-14(2)7-5-9/h9H,4-7H2,1-3H3,(H,16,17). The molecule has 18 heavy (non-hydrogen) atoms. The number of rotatable bonds is 3. The highest BCUT2D eigenvalue weighted by Crippen LogP contribution is 2.28. The van der Waals surface area contributed by atoms with Gasteiger partial charge in [-0.1, -0.05) is 11.3 Å². The minimum Gasteiger partial charge on any atom is -0.477 e. The lowest BCUT2D eigenvalue weighted by molar-refractivity contribution is 0.0701. The summed E-state index contributed by atoms with van der Waals surface area (Å²) in [6, 6.07) is 0.466. The topological polar surface area (TPSA) is 56.7 Å². The third-order valence-electron chi connectivity index (χ3n) is 3.52. The molecule has 0 bridgehead atoms. The maximum absolute atomic E-state index is 11.0. The molecule has 0 amide bonds. The fraction of sp³-hybridized carbons (Fsp3) is 0.667. The highest BCUT2D eigenvalue weighted by atomic mass is 32.1. The number of hydrogen-bond donors (Lipinski definition) is 1. The van der Waals surface area contributed by atoms with Crippen LogP contribution in [0.5, 0.6) is 0 Å². The lowest BCUT2D eigenvalue weighted by atomic mass is 10.0. The van der Waals surface area contributed by atoms with Gasteiger partial charge in [-0.2, -0.15) is 0 Å². The number of nitrogens with zero attached hydrogens (tertiary/aromatic N) is 3. The summed E-state index contributed by atoms with van der Waals surface area (Å²) in [6.07, 6.45) is 2.21. The summed E-state index contributed by atoms with van der Waals surface area (Å²) < 4.78 is 0. The van der Waals surface area contributed by atoms with E-state index < -0.39 is 5.97 Å². The van der Waals surface area contributed by atoms with Gasteiger partial charge < -0.3 is 14.9 Å². The lowest BCUT2D eigenvalue weighted by Crippen LogP contribution is -2.41. The Morgan fingerprint density at radius 1 is 1.50 bits per heavy atom. The van der Waals surface area contributed by atoms with Gasteiger partial charge in [0.1, 0.15) is 4.88 Å². The van der Waals surface area contributed by atoms with Gasteiger partial charge in [0.05, 0.1) is 5.69 Å². The van der Waals surface area contributed by atoms with Gasteiger partial charge >= 0.3 is 5.97 Å². The first-order valence-electron chi connectivity index (χ1n) is 6.11. The molecule has 0 atom stereocenters. The number of carboxylic acid groups (broad SMARTS) is 1. The quantitative estimate of drug-likeness (QED) is 0.904. The number of carboxylic acids is 1. The first kappa shape index (κ1) is 13.3. The molecule has 0 saturated carbocycles. The SMILES string of the molecule is Cc1nc(N(C)C2CCN(C)CC2)sc1C(=O)O. The monoisotopic (exact) mass is 269 g/mol. The number of aryl methyl sites for hydroxylation is 1. The van der Waals surface area contributed by atoms with Crippen LogP contribution in [0.25, 0.3) is 0 Å². The third kappa shape index (κ3) is 2.64. The van der Waals surface area contributed by atoms with E-state index in [1.54, 1.807) is 6.92 Å². The van der Waals surface area contributed by atoms with Crippen LogP contribution in [-0.2, 0) is 0 Å². The molecule has 1 aliphatic heterocycles. The Bertz CT molecular complexity index is 439. The van der Waals surface area contributed by atoms with E-state index in [9.17, 15) is 4.79 Å². The zero-order valence-electron chi connectivity index (χ0n) is 11.0. The number of anilines is 1. The molecule has 1 aromatic heterocycles. The smallest absolute Gasteiger partial charge is 0.347 e. The molecule has 1 N–H and O–H groups in total. The van der Waals surface area contributed by atoms with Gasteiger partial charge in [-0.25, -0.2) is 9.78 Å². The van der Waals surface area contributed by atoms with Crippen LogP contribution >= 0.6 is 11.3 Å². The molecular weight excluding hydrogens is 250 g/mol. The summed E-state index contributed by atoms with van der Waals surface area (Å²) in [4.78, 5) is 20.2. The first-order chi connectivity index (χ1) is 8.49. The second-order valence-corrected chi connectivity index (χ2v) is 5.84. The molecule has 0 unspecified atom stereocenters. The molecule has 2 heterocycles. The highest BCUT2D eigenvalue weighted by Gasteiger charge is 2.24. The van der Waals surface area contributed by atoms with Crippen LogP contribution in [0.1, 0.15) is 28.2 Å². The number of piperidine rings is 1. The van der Waals surface area contributed by atoms with E-state index in [1.165, 1.54) is 11.3 Å². The Morgan fingerprint density at radius 3 is 2.61 bits per heavy atom. The maximum Gasteiger partial charge on any atom is 0.347 e. The van der Waals surface area contributed by atoms with Crippen molar-refractivity contribution >= 4 is 22.4 Å². The molecule has 2 rings (SSSR count). The molecule has 1 aromatic rings. The van der Waals surface area contributed by atoms with Crippen LogP contribution < -0.4 is 4.90 Å². The average molecular weight is 269 g/mol. The summed E-state index contributed by atoms with van der Waals surface area (Å²) in [6.45, 7) is 3.93. The van der Waals surface area contributed by atoms with Crippen LogP contribution in [0.4, 0.5) is 5.13 Å². The van der Waals surface area contributed by atoms with Gasteiger partial charge in [-0.15, -0.1) is 0 Å². The maximum atomic E-state index is 11.0. The number of likely N-dealkylation sites (tertiary alicyclic amines) is 1. The molecule has 0 aromatic carbocycles. The van der Waals surface area contributed by atoms with E-state index in [4.69, 9.17) is 5.11 Å². The van der Waals surface area contributed by atoms with Crippen molar-refractivity contribution in [3.8, 4) is 0 Å². The minimum atomic E-state index is -0.881. The molecule has 1 aliphatic rings. The van der Waals surface area contributed by atoms with Crippen molar-refractivity contribution in [2.24, 2.45) is 0 Å². The van der Waals surface area contributed by atoms with Crippen molar-refractivity contribution in [3.63, 3.8) is 0 Å². The van der Waals surface area contributed by atoms with Gasteiger partial charge in [-0.3, -0.25) is 0 Å². The molecule has 1 fully saturated rings. The van der Waals surface area contributed by atoms with Crippen molar-refractivity contribution < 1.29 is 9.90 Å². The molecule has 0 spiro atoms. The fourth-order valence-electron chi connectivity index (χ4n) is 2.27. The molecule has 0 radical (unpaired) electrons. The van der Waals surface area contributed by atoms with Crippen molar-refractivity contribution in [2.75, 3.05) is 32.1 Å². The number of aromatic carboxylic acids is 1. The van der Waals surface area contributed by atoms with Gasteiger partial charge in [-0.05, 0) is 39.9 Å². The zero-order valence-corrected chi connectivity index (χ0v) is 11.8. The van der Waals surface area contributed by atoms with E-state index in [-0.39, 0.29) is 0 Å². The van der Waals surface area contributed by atoms with E-state index in [1.807, 2.05) is 7.05 Å². The number of carbonyl (C=O) groups is 1. The van der Waals surface area contributed by atoms with Crippen LogP contribution in [0.15, 0.2) is 0 Å². The van der Waals surface area contributed by atoms with Crippen molar-refractivity contribution in [3.05, 3.63) is 10.6 Å². The summed E-state index contributed by atoms with van der Waals surface area (Å²) >= 11 is 1.27. The lowest BCUT2D eigenvalue weighted by Gasteiger charge is -2.34. The van der Waals surface area contributed by atoms with E-state index in [0.717, 1.165) is 31.1 Å². The summed E-state index contributed by atoms with van der Waals surface area (Å²) in [7, 11) is 4.15. The molecule has 5 nitrogen and oxygen atoms in total. The normalized spacial score (nSPS) is 17.9. The Balaban J connectivity index is 2.11. The van der Waals surface area contributed by atoms with Crippen molar-refractivity contribution in [1.82, 2.24) is 9.88 Å². The predicted octanol–water partition coefficient (Wildman–Crippen LogP) is 1.68. The Kier molecular flexibility index (Phi) is 3.87. The molecule has 100 valence electrons. The number of thiazole rings is 1. The van der Waals surface area contributed by atoms with E-state index >= 15 is 0 Å². The van der Waals surface area contributed by atoms with Crippen LogP contribution in [0, 0.1) is 6.92 Å². The number of hydrogen-bond acceptors (Lipinski definition) is 5. The van der Waals surface area contributed by atoms with Crippen molar-refractivity contribution in [1.29, 1.82) is 0 Å². The Hall–Kier alpha value is -1.14. The molecule has 0 aliphatic carbocycles. The Morgan fingerprint density at radius 2 is 2.11 bits per heavy atom. The van der Waals surface area contributed by atoms with E-state index in [2.05, 4.69) is 21.8 Å². The van der Waals surface area contributed by atoms with Gasteiger partial charge in [0.25, 0.3) is 0 Å². The van der Waals surface area contributed by atoms with Gasteiger partial charge in [0, 0.05) is 13.1 Å². The van der Waals surface area contributed by atoms with Gasteiger partial charge in [0.15, 0.2) is 5.13 Å². The molecule has 1 saturated heterocycles. The molecular formula is C12H19N3O2S. The Labute approximate surface area is 111 Å². The van der Waals surface area contributed by atoms with Crippen LogP contribution in [0.2, 0.25) is 0 Å². The minimum absolute atomic E-state index is 0.352. The first-order valence-corrected chi connectivity index (χ1v) is 6.92. The summed E-state index contributed by atoms with van der Waals surface area (Å²) in [5, 5.41) is 9.87. The second kappa shape index (κ2) is 5.24. The highest BCUT2D eigenvalue weighted by molar-refractivity contribution is 7.17. The third-order valence-corrected chi connectivity index (χ3v) is 4.75. The van der Waals surface area contributed by atoms with Gasteiger partial charge in [0.2, 0.25) is 0 Å². The molecule has 6 heteroatoms. The van der Waals surface area contributed by atoms with E-state index in [0.29, 0.717) is 16.6 Å². The van der Waals surface area contributed by atoms with Crippen LogP contribution in [0.3, 0.4) is 0 Å². The summed E-state index contributed by atoms with van der Waals surface area (Å²) in [5.41, 5.74) is 0.613. The second-order valence-electron chi connectivity index (χ2n) is 4.86. The number of aromatic nitrogens is 1. The zero-order chi connectivity index (χ0) is 13.3. The largest absolute Gasteiger partial charge is 0.477 e. The summed E-state index contributed by atoms with van der Waals surface area (Å²) in [5.74, 6) is -0.881. The van der Waals surface area contributed by atoms with Crippen molar-refractivity contribution in [2.45, 2.75) is 25.8 Å². The average Bonchev–Trinajstić information content (AvgIpc) is 2.71. The fourth-order valence-corrected chi connectivity index (χ4v) is 3.21.